The molecule has 0 aliphatic heterocycles. The summed E-state index contributed by atoms with van der Waals surface area (Å²) in [6.07, 6.45) is 0.777. The van der Waals surface area contributed by atoms with Crippen LogP contribution in [0.2, 0.25) is 5.02 Å². The number of hydrogen-bond acceptors (Lipinski definition) is 4. The predicted molar refractivity (Wildman–Crippen MR) is 130 cm³/mol. The Bertz CT molecular complexity index is 1290. The number of hydrogen-bond donors (Lipinski definition) is 3. The van der Waals surface area contributed by atoms with Crippen LogP contribution in [0.15, 0.2) is 71.6 Å². The first-order chi connectivity index (χ1) is 15.7. The summed E-state index contributed by atoms with van der Waals surface area (Å²) in [6, 6.07) is 17.4. The SMILES string of the molecule is CCCNC(=O)c1ccccc1NC(=O)c1ccc(Cl)c(S(=O)(=O)Nc2cccc(C)c2)c1. The molecule has 33 heavy (non-hydrogen) atoms. The lowest BCUT2D eigenvalue weighted by Crippen LogP contribution is -2.25. The van der Waals surface area contributed by atoms with Gasteiger partial charge in [0, 0.05) is 17.8 Å². The quantitative estimate of drug-likeness (QED) is 0.424. The van der Waals surface area contributed by atoms with Crippen molar-refractivity contribution in [3.8, 4) is 0 Å². The highest BCUT2D eigenvalue weighted by Gasteiger charge is 2.21. The number of aryl methyl sites for hydroxylation is 1. The maximum absolute atomic E-state index is 12.9. The zero-order valence-corrected chi connectivity index (χ0v) is 19.8. The van der Waals surface area contributed by atoms with Crippen LogP contribution in [0.4, 0.5) is 11.4 Å². The minimum Gasteiger partial charge on any atom is -0.352 e. The average molecular weight is 486 g/mol. The van der Waals surface area contributed by atoms with E-state index < -0.39 is 15.9 Å². The fourth-order valence-electron chi connectivity index (χ4n) is 3.09. The fraction of sp³-hybridized carbons (Fsp3) is 0.167. The van der Waals surface area contributed by atoms with Crippen molar-refractivity contribution >= 4 is 44.8 Å². The van der Waals surface area contributed by atoms with E-state index in [4.69, 9.17) is 11.6 Å². The van der Waals surface area contributed by atoms with Gasteiger partial charge in [-0.15, -0.1) is 0 Å². The van der Waals surface area contributed by atoms with Gasteiger partial charge in [0.25, 0.3) is 21.8 Å². The average Bonchev–Trinajstić information content (AvgIpc) is 2.77. The summed E-state index contributed by atoms with van der Waals surface area (Å²) in [4.78, 5) is 25.1. The number of amides is 2. The topological polar surface area (TPSA) is 104 Å². The smallest absolute Gasteiger partial charge is 0.263 e. The van der Waals surface area contributed by atoms with Crippen LogP contribution in [-0.4, -0.2) is 26.8 Å². The molecule has 2 amide bonds. The van der Waals surface area contributed by atoms with Crippen molar-refractivity contribution in [2.75, 3.05) is 16.6 Å². The van der Waals surface area contributed by atoms with Crippen LogP contribution in [-0.2, 0) is 10.0 Å². The summed E-state index contributed by atoms with van der Waals surface area (Å²) in [5.74, 6) is -0.885. The van der Waals surface area contributed by atoms with Crippen LogP contribution in [0.25, 0.3) is 0 Å². The van der Waals surface area contributed by atoms with Crippen LogP contribution in [0, 0.1) is 6.92 Å². The molecule has 7 nitrogen and oxygen atoms in total. The molecule has 3 aromatic carbocycles. The van der Waals surface area contributed by atoms with E-state index in [0.717, 1.165) is 12.0 Å². The van der Waals surface area contributed by atoms with Crippen molar-refractivity contribution in [1.29, 1.82) is 0 Å². The number of nitrogens with one attached hydrogen (secondary N) is 3. The summed E-state index contributed by atoms with van der Waals surface area (Å²) >= 11 is 6.15. The van der Waals surface area contributed by atoms with Gasteiger partial charge in [-0.3, -0.25) is 14.3 Å². The Kier molecular flexibility index (Phi) is 7.73. The molecule has 0 aliphatic rings. The second-order valence-electron chi connectivity index (χ2n) is 7.38. The van der Waals surface area contributed by atoms with E-state index in [9.17, 15) is 18.0 Å². The molecule has 0 bridgehead atoms. The van der Waals surface area contributed by atoms with Gasteiger partial charge in [0.2, 0.25) is 0 Å². The molecular formula is C24H24ClN3O4S. The van der Waals surface area contributed by atoms with E-state index >= 15 is 0 Å². The number of carbonyl (C=O) groups is 2. The largest absolute Gasteiger partial charge is 0.352 e. The molecule has 9 heteroatoms. The van der Waals surface area contributed by atoms with Gasteiger partial charge < -0.3 is 10.6 Å². The number of anilines is 2. The summed E-state index contributed by atoms with van der Waals surface area (Å²) in [7, 11) is -4.05. The molecule has 0 atom stereocenters. The number of halogens is 1. The lowest BCUT2D eigenvalue weighted by molar-refractivity contribution is 0.0954. The molecule has 3 rings (SSSR count). The molecule has 0 radical (unpaired) electrons. The molecule has 0 fully saturated rings. The van der Waals surface area contributed by atoms with Gasteiger partial charge in [0.05, 0.1) is 16.3 Å². The van der Waals surface area contributed by atoms with Crippen molar-refractivity contribution in [1.82, 2.24) is 5.32 Å². The first-order valence-corrected chi connectivity index (χ1v) is 12.1. The standard InChI is InChI=1S/C24H24ClN3O4S/c1-3-13-26-24(30)19-9-4-5-10-21(19)27-23(29)17-11-12-20(25)22(15-17)33(31,32)28-18-8-6-7-16(2)14-18/h4-12,14-15,28H,3,13H2,1-2H3,(H,26,30)(H,27,29). The molecular weight excluding hydrogens is 462 g/mol. The van der Waals surface area contributed by atoms with Gasteiger partial charge in [-0.05, 0) is 61.4 Å². The molecule has 0 unspecified atom stereocenters. The Morgan fingerprint density at radius 3 is 2.42 bits per heavy atom. The zero-order valence-electron chi connectivity index (χ0n) is 18.2. The Morgan fingerprint density at radius 1 is 0.939 bits per heavy atom. The molecule has 172 valence electrons. The van der Waals surface area contributed by atoms with E-state index in [0.29, 0.717) is 23.5 Å². The van der Waals surface area contributed by atoms with E-state index in [1.54, 1.807) is 42.5 Å². The fourth-order valence-corrected chi connectivity index (χ4v) is 4.66. The lowest BCUT2D eigenvalue weighted by atomic mass is 10.1. The molecule has 0 saturated heterocycles. The summed E-state index contributed by atoms with van der Waals surface area (Å²) in [6.45, 7) is 4.29. The van der Waals surface area contributed by atoms with Gasteiger partial charge in [-0.1, -0.05) is 42.8 Å². The number of rotatable bonds is 8. The Labute approximate surface area is 198 Å². The van der Waals surface area contributed by atoms with Crippen LogP contribution >= 0.6 is 11.6 Å². The summed E-state index contributed by atoms with van der Waals surface area (Å²) in [5, 5.41) is 5.43. The van der Waals surface area contributed by atoms with Gasteiger partial charge in [0.15, 0.2) is 0 Å². The normalized spacial score (nSPS) is 11.0. The van der Waals surface area contributed by atoms with Gasteiger partial charge in [0.1, 0.15) is 4.90 Å². The van der Waals surface area contributed by atoms with Gasteiger partial charge >= 0.3 is 0 Å². The predicted octanol–water partition coefficient (Wildman–Crippen LogP) is 4.84. The maximum atomic E-state index is 12.9. The Balaban J connectivity index is 1.87. The molecule has 0 spiro atoms. The van der Waals surface area contributed by atoms with E-state index in [1.165, 1.54) is 18.2 Å². The molecule has 3 N–H and O–H groups in total. The molecule has 0 aliphatic carbocycles. The second kappa shape index (κ2) is 10.5. The van der Waals surface area contributed by atoms with Crippen molar-refractivity contribution in [2.24, 2.45) is 0 Å². The van der Waals surface area contributed by atoms with E-state index in [2.05, 4.69) is 15.4 Å². The van der Waals surface area contributed by atoms with Crippen LogP contribution in [0.3, 0.4) is 0 Å². The van der Waals surface area contributed by atoms with Crippen LogP contribution < -0.4 is 15.4 Å². The lowest BCUT2D eigenvalue weighted by Gasteiger charge is -2.13. The third-order valence-corrected chi connectivity index (χ3v) is 6.57. The molecule has 0 aromatic heterocycles. The number of carbonyl (C=O) groups excluding carboxylic acids is 2. The van der Waals surface area contributed by atoms with E-state index in [1.807, 2.05) is 19.9 Å². The van der Waals surface area contributed by atoms with E-state index in [-0.39, 0.29) is 21.4 Å². The van der Waals surface area contributed by atoms with Crippen LogP contribution in [0.5, 0.6) is 0 Å². The molecule has 3 aromatic rings. The minimum absolute atomic E-state index is 0.0222. The first kappa shape index (κ1) is 24.3. The Morgan fingerprint density at radius 2 is 1.70 bits per heavy atom. The first-order valence-electron chi connectivity index (χ1n) is 10.3. The Hall–Kier alpha value is -3.36. The van der Waals surface area contributed by atoms with Crippen LogP contribution in [0.1, 0.15) is 39.6 Å². The van der Waals surface area contributed by atoms with Crippen molar-refractivity contribution in [3.63, 3.8) is 0 Å². The molecule has 0 heterocycles. The highest BCUT2D eigenvalue weighted by molar-refractivity contribution is 7.92. The highest BCUT2D eigenvalue weighted by Crippen LogP contribution is 2.26. The molecule has 0 saturated carbocycles. The third kappa shape index (κ3) is 6.12. The summed E-state index contributed by atoms with van der Waals surface area (Å²) < 4.78 is 28.3. The van der Waals surface area contributed by atoms with Gasteiger partial charge in [-0.25, -0.2) is 8.42 Å². The maximum Gasteiger partial charge on any atom is 0.263 e. The van der Waals surface area contributed by atoms with Gasteiger partial charge in [-0.2, -0.15) is 0 Å². The highest BCUT2D eigenvalue weighted by atomic mass is 35.5. The summed E-state index contributed by atoms with van der Waals surface area (Å²) in [5.41, 5.74) is 1.97. The van der Waals surface area contributed by atoms with Crippen molar-refractivity contribution in [3.05, 3.63) is 88.4 Å². The number of para-hydroxylation sites is 1. The minimum atomic E-state index is -4.05. The second-order valence-corrected chi connectivity index (χ2v) is 9.43. The van der Waals surface area contributed by atoms with Crippen molar-refractivity contribution < 1.29 is 18.0 Å². The third-order valence-electron chi connectivity index (χ3n) is 4.71. The number of benzene rings is 3. The number of sulfonamides is 1. The monoisotopic (exact) mass is 485 g/mol. The zero-order chi connectivity index (χ0) is 24.0. The van der Waals surface area contributed by atoms with Crippen molar-refractivity contribution in [2.45, 2.75) is 25.2 Å².